The number of aryl methyl sites for hydroxylation is 2. The molecule has 4 heteroatoms. The van der Waals surface area contributed by atoms with Crippen LogP contribution < -0.4 is 9.80 Å². The molecule has 0 aliphatic rings. The Bertz CT molecular complexity index is 2570. The van der Waals surface area contributed by atoms with Gasteiger partial charge in [-0.3, -0.25) is 0 Å². The van der Waals surface area contributed by atoms with Crippen molar-refractivity contribution in [1.82, 2.24) is 0 Å². The second kappa shape index (κ2) is 14.9. The van der Waals surface area contributed by atoms with Crippen LogP contribution in [-0.2, 0) is 12.8 Å². The first-order valence-electron chi connectivity index (χ1n) is 19.8. The second-order valence-electron chi connectivity index (χ2n) is 15.4. The van der Waals surface area contributed by atoms with E-state index in [1.54, 1.807) is 0 Å². The van der Waals surface area contributed by atoms with E-state index in [2.05, 4.69) is 173 Å². The molecule has 274 valence electrons. The lowest BCUT2D eigenvalue weighted by molar-refractivity contribution is 0.875. The maximum Gasteiger partial charge on any atom is 0.0991 e. The minimum Gasteiger partial charge on any atom is -0.310 e. The second-order valence-corrected chi connectivity index (χ2v) is 15.4. The van der Waals surface area contributed by atoms with Gasteiger partial charge < -0.3 is 9.80 Å². The van der Waals surface area contributed by atoms with Gasteiger partial charge in [0.2, 0.25) is 0 Å². The Balaban J connectivity index is 1.49. The molecular weight excluding hydrogens is 681 g/mol. The highest BCUT2D eigenvalue weighted by Gasteiger charge is 2.26. The summed E-state index contributed by atoms with van der Waals surface area (Å²) in [7, 11) is 0. The third-order valence-corrected chi connectivity index (χ3v) is 11.4. The molecular formula is C52H46N4. The summed E-state index contributed by atoms with van der Waals surface area (Å²) in [5.41, 5.74) is 12.8. The Morgan fingerprint density at radius 3 is 1.02 bits per heavy atom. The molecule has 0 fully saturated rings. The number of rotatable bonds is 10. The number of anilines is 6. The van der Waals surface area contributed by atoms with E-state index in [1.165, 1.54) is 54.6 Å². The van der Waals surface area contributed by atoms with E-state index in [4.69, 9.17) is 0 Å². The van der Waals surface area contributed by atoms with Crippen molar-refractivity contribution in [2.45, 2.75) is 66.2 Å². The fourth-order valence-corrected chi connectivity index (χ4v) is 8.32. The topological polar surface area (TPSA) is 54.1 Å². The summed E-state index contributed by atoms with van der Waals surface area (Å²) in [5, 5.41) is 26.8. The van der Waals surface area contributed by atoms with Gasteiger partial charge in [-0.25, -0.2) is 0 Å². The van der Waals surface area contributed by atoms with Crippen molar-refractivity contribution < 1.29 is 0 Å². The molecule has 0 aromatic heterocycles. The lowest BCUT2D eigenvalue weighted by atomic mass is 9.84. The predicted molar refractivity (Wildman–Crippen MR) is 236 cm³/mol. The van der Waals surface area contributed by atoms with Gasteiger partial charge >= 0.3 is 0 Å². The minimum atomic E-state index is 0.264. The van der Waals surface area contributed by atoms with Gasteiger partial charge in [0, 0.05) is 33.5 Å². The average molecular weight is 727 g/mol. The van der Waals surface area contributed by atoms with Crippen LogP contribution in [0.15, 0.2) is 133 Å². The normalized spacial score (nSPS) is 11.5. The zero-order valence-electron chi connectivity index (χ0n) is 33.1. The Morgan fingerprint density at radius 2 is 0.732 bits per heavy atom. The zero-order chi connectivity index (χ0) is 39.1. The molecule has 56 heavy (non-hydrogen) atoms. The highest BCUT2D eigenvalue weighted by Crippen LogP contribution is 2.51. The molecule has 0 bridgehead atoms. The van der Waals surface area contributed by atoms with Crippen LogP contribution in [0.4, 0.5) is 34.1 Å². The Morgan fingerprint density at radius 1 is 0.429 bits per heavy atom. The largest absolute Gasteiger partial charge is 0.310 e. The lowest BCUT2D eigenvalue weighted by Gasteiger charge is -2.31. The molecule has 0 atom stereocenters. The molecule has 8 rings (SSSR count). The van der Waals surface area contributed by atoms with Gasteiger partial charge in [0.1, 0.15) is 0 Å². The zero-order valence-corrected chi connectivity index (χ0v) is 33.1. The summed E-state index contributed by atoms with van der Waals surface area (Å²) in [6, 6.07) is 52.4. The summed E-state index contributed by atoms with van der Waals surface area (Å²) >= 11 is 0. The molecule has 0 amide bonds. The van der Waals surface area contributed by atoms with Crippen LogP contribution in [0, 0.1) is 22.7 Å². The van der Waals surface area contributed by atoms with E-state index < -0.39 is 0 Å². The molecule has 0 radical (unpaired) electrons. The number of hydrogen-bond acceptors (Lipinski definition) is 4. The molecule has 0 saturated heterocycles. The molecule has 0 heterocycles. The highest BCUT2D eigenvalue weighted by atomic mass is 15.1. The van der Waals surface area contributed by atoms with Gasteiger partial charge in [0.15, 0.2) is 0 Å². The van der Waals surface area contributed by atoms with Crippen LogP contribution in [0.5, 0.6) is 0 Å². The predicted octanol–water partition coefficient (Wildman–Crippen LogP) is 14.6. The van der Waals surface area contributed by atoms with Gasteiger partial charge in [-0.2, -0.15) is 10.5 Å². The Labute approximate surface area is 330 Å². The molecule has 0 unspecified atom stereocenters. The van der Waals surface area contributed by atoms with Crippen LogP contribution in [0.3, 0.4) is 0 Å². The molecule has 0 spiro atoms. The van der Waals surface area contributed by atoms with Crippen molar-refractivity contribution in [2.75, 3.05) is 9.80 Å². The van der Waals surface area contributed by atoms with Crippen molar-refractivity contribution in [1.29, 1.82) is 10.5 Å². The number of nitrogens with zero attached hydrogens (tertiary/aromatic N) is 4. The maximum absolute atomic E-state index is 9.69. The Hall–Kier alpha value is -6.62. The molecule has 0 aliphatic carbocycles. The van der Waals surface area contributed by atoms with E-state index in [1.807, 2.05) is 24.3 Å². The van der Waals surface area contributed by atoms with E-state index in [9.17, 15) is 10.5 Å². The Kier molecular flexibility index (Phi) is 9.67. The van der Waals surface area contributed by atoms with Crippen molar-refractivity contribution in [2.24, 2.45) is 0 Å². The summed E-state index contributed by atoms with van der Waals surface area (Å²) in [4.78, 5) is 4.72. The summed E-state index contributed by atoms with van der Waals surface area (Å²) in [5.74, 6) is 0.528. The first-order chi connectivity index (χ1) is 27.2. The van der Waals surface area contributed by atoms with Crippen molar-refractivity contribution in [3.63, 3.8) is 0 Å². The van der Waals surface area contributed by atoms with Crippen LogP contribution in [0.1, 0.15) is 86.8 Å². The van der Waals surface area contributed by atoms with Crippen LogP contribution in [-0.4, -0.2) is 0 Å². The lowest BCUT2D eigenvalue weighted by Crippen LogP contribution is -2.13. The fourth-order valence-electron chi connectivity index (χ4n) is 8.32. The molecule has 0 aliphatic heterocycles. The fraction of sp³-hybridized carbons (Fsp3) is 0.192. The molecule has 0 N–H and O–H groups in total. The minimum absolute atomic E-state index is 0.264. The monoisotopic (exact) mass is 726 g/mol. The van der Waals surface area contributed by atoms with Gasteiger partial charge in [-0.15, -0.1) is 0 Å². The molecule has 0 saturated carbocycles. The molecule has 8 aromatic carbocycles. The SMILES string of the molecule is CCc1ccc(N(c2ccc(C#N)cc2)c2cc(C(C)C)c3ccc4c(N(c5ccc(C#N)cc5)c5ccc(CC)cc5)cc(C(C)C)c5ccc2c3c54)cc1. The smallest absolute Gasteiger partial charge is 0.0991 e. The summed E-state index contributed by atoms with van der Waals surface area (Å²) < 4.78 is 0. The van der Waals surface area contributed by atoms with Gasteiger partial charge in [-0.1, -0.05) is 90.1 Å². The van der Waals surface area contributed by atoms with E-state index >= 15 is 0 Å². The molecule has 4 nitrogen and oxygen atoms in total. The standard InChI is InChI=1S/C52H46N4/c1-7-35-9-17-39(18-10-35)55(41-21-13-37(31-53)14-22-41)49-29-47(33(3)4)43-26-28-46-50(30-48(34(5)6)44-25-27-45(49)51(43)52(44)46)56(40-19-11-36(8-2)12-20-40)42-23-15-38(32-54)16-24-42/h9-30,33-34H,7-8H2,1-6H3. The van der Waals surface area contributed by atoms with Gasteiger partial charge in [-0.05, 0) is 153 Å². The third kappa shape index (κ3) is 6.28. The van der Waals surface area contributed by atoms with E-state index in [0.29, 0.717) is 11.1 Å². The van der Waals surface area contributed by atoms with Crippen molar-refractivity contribution in [3.05, 3.63) is 167 Å². The number of hydrogen-bond donors (Lipinski definition) is 0. The first kappa shape index (κ1) is 36.4. The van der Waals surface area contributed by atoms with Crippen LogP contribution >= 0.6 is 0 Å². The van der Waals surface area contributed by atoms with Crippen molar-refractivity contribution >= 4 is 66.4 Å². The van der Waals surface area contributed by atoms with Crippen LogP contribution in [0.25, 0.3) is 32.3 Å². The highest BCUT2D eigenvalue weighted by molar-refractivity contribution is 6.29. The van der Waals surface area contributed by atoms with E-state index in [0.717, 1.165) is 47.0 Å². The third-order valence-electron chi connectivity index (χ3n) is 11.4. The summed E-state index contributed by atoms with van der Waals surface area (Å²) in [6.07, 6.45) is 1.94. The van der Waals surface area contributed by atoms with Crippen molar-refractivity contribution in [3.8, 4) is 12.1 Å². The van der Waals surface area contributed by atoms with Crippen LogP contribution in [0.2, 0.25) is 0 Å². The van der Waals surface area contributed by atoms with E-state index in [-0.39, 0.29) is 11.8 Å². The number of nitriles is 2. The average Bonchev–Trinajstić information content (AvgIpc) is 3.24. The van der Waals surface area contributed by atoms with Gasteiger partial charge in [0.25, 0.3) is 0 Å². The number of benzene rings is 8. The maximum atomic E-state index is 9.69. The first-order valence-corrected chi connectivity index (χ1v) is 19.8. The summed E-state index contributed by atoms with van der Waals surface area (Å²) in [6.45, 7) is 13.5. The van der Waals surface area contributed by atoms with Gasteiger partial charge in [0.05, 0.1) is 34.6 Å². The quantitative estimate of drug-likeness (QED) is 0.132. The molecule has 8 aromatic rings.